The fourth-order valence-corrected chi connectivity index (χ4v) is 1.52. The number of nitrogens with two attached hydrogens (primary N) is 1. The number of hydrazine groups is 1. The van der Waals surface area contributed by atoms with Crippen LogP contribution in [0.1, 0.15) is 31.0 Å². The van der Waals surface area contributed by atoms with Crippen LogP contribution in [0.15, 0.2) is 29.8 Å². The van der Waals surface area contributed by atoms with E-state index in [2.05, 4.69) is 5.43 Å². The Morgan fingerprint density at radius 2 is 2.07 bits per heavy atom. The van der Waals surface area contributed by atoms with Gasteiger partial charge in [0.1, 0.15) is 5.82 Å². The van der Waals surface area contributed by atoms with E-state index in [-0.39, 0.29) is 11.9 Å². The SMILES string of the molecule is CC(C)=CC(NN)c1cc(C)cc(F)c1. The fraction of sp³-hybridized carbons (Fsp3) is 0.333. The van der Waals surface area contributed by atoms with Crippen LogP contribution in [-0.2, 0) is 0 Å². The largest absolute Gasteiger partial charge is 0.271 e. The number of nitrogens with one attached hydrogen (secondary N) is 1. The quantitative estimate of drug-likeness (QED) is 0.455. The Morgan fingerprint density at radius 1 is 1.40 bits per heavy atom. The van der Waals surface area contributed by atoms with Crippen LogP contribution in [0.25, 0.3) is 0 Å². The molecule has 1 rings (SSSR count). The summed E-state index contributed by atoms with van der Waals surface area (Å²) in [6.45, 7) is 5.83. The van der Waals surface area contributed by atoms with Crippen LogP contribution < -0.4 is 11.3 Å². The zero-order valence-corrected chi connectivity index (χ0v) is 9.34. The molecule has 2 nitrogen and oxygen atoms in total. The first-order chi connectivity index (χ1) is 7.02. The van der Waals surface area contributed by atoms with E-state index < -0.39 is 0 Å². The highest BCUT2D eigenvalue weighted by Crippen LogP contribution is 2.18. The van der Waals surface area contributed by atoms with Gasteiger partial charge in [-0.25, -0.2) is 9.82 Å². The molecule has 1 aromatic rings. The summed E-state index contributed by atoms with van der Waals surface area (Å²) in [5.74, 6) is 5.21. The zero-order chi connectivity index (χ0) is 11.4. The van der Waals surface area contributed by atoms with Gasteiger partial charge in [-0.2, -0.15) is 0 Å². The van der Waals surface area contributed by atoms with Gasteiger partial charge in [0.05, 0.1) is 6.04 Å². The molecule has 0 radical (unpaired) electrons. The maximum atomic E-state index is 13.2. The van der Waals surface area contributed by atoms with Crippen molar-refractivity contribution in [2.45, 2.75) is 26.8 Å². The highest BCUT2D eigenvalue weighted by atomic mass is 19.1. The van der Waals surface area contributed by atoms with E-state index in [1.54, 1.807) is 0 Å². The average Bonchev–Trinajstić information content (AvgIpc) is 2.12. The van der Waals surface area contributed by atoms with E-state index in [0.717, 1.165) is 16.7 Å². The molecule has 0 aromatic heterocycles. The Labute approximate surface area is 90.0 Å². The van der Waals surface area contributed by atoms with Crippen molar-refractivity contribution >= 4 is 0 Å². The van der Waals surface area contributed by atoms with Gasteiger partial charge in [0.2, 0.25) is 0 Å². The molecule has 3 heteroatoms. The third-order valence-electron chi connectivity index (χ3n) is 2.10. The second-order valence-corrected chi connectivity index (χ2v) is 3.95. The molecule has 1 unspecified atom stereocenters. The smallest absolute Gasteiger partial charge is 0.123 e. The maximum Gasteiger partial charge on any atom is 0.123 e. The predicted octanol–water partition coefficient (Wildman–Crippen LogP) is 2.60. The fourth-order valence-electron chi connectivity index (χ4n) is 1.52. The minimum Gasteiger partial charge on any atom is -0.271 e. The molecule has 15 heavy (non-hydrogen) atoms. The first kappa shape index (κ1) is 11.9. The van der Waals surface area contributed by atoms with Crippen LogP contribution in [0.4, 0.5) is 4.39 Å². The van der Waals surface area contributed by atoms with Crippen LogP contribution in [0.5, 0.6) is 0 Å². The van der Waals surface area contributed by atoms with Crippen molar-refractivity contribution in [3.8, 4) is 0 Å². The Morgan fingerprint density at radius 3 is 2.53 bits per heavy atom. The summed E-state index contributed by atoms with van der Waals surface area (Å²) in [7, 11) is 0. The van der Waals surface area contributed by atoms with Crippen molar-refractivity contribution in [3.05, 3.63) is 46.8 Å². The second-order valence-electron chi connectivity index (χ2n) is 3.95. The topological polar surface area (TPSA) is 38.0 Å². The monoisotopic (exact) mass is 208 g/mol. The molecule has 0 fully saturated rings. The Kier molecular flexibility index (Phi) is 4.00. The standard InChI is InChI=1S/C12H17FN2/c1-8(2)4-12(15-14)10-5-9(3)6-11(13)7-10/h4-7,12,15H,14H2,1-3H3. The van der Waals surface area contributed by atoms with Crippen LogP contribution in [0, 0.1) is 12.7 Å². The molecule has 0 saturated carbocycles. The van der Waals surface area contributed by atoms with Crippen LogP contribution in [0.3, 0.4) is 0 Å². The lowest BCUT2D eigenvalue weighted by Crippen LogP contribution is -2.26. The van der Waals surface area contributed by atoms with Gasteiger partial charge >= 0.3 is 0 Å². The van der Waals surface area contributed by atoms with Crippen molar-refractivity contribution in [2.75, 3.05) is 0 Å². The Hall–Kier alpha value is -1.19. The van der Waals surface area contributed by atoms with E-state index in [1.165, 1.54) is 12.1 Å². The molecule has 3 N–H and O–H groups in total. The van der Waals surface area contributed by atoms with Crippen LogP contribution in [-0.4, -0.2) is 0 Å². The highest BCUT2D eigenvalue weighted by molar-refractivity contribution is 5.29. The van der Waals surface area contributed by atoms with Gasteiger partial charge in [0.15, 0.2) is 0 Å². The first-order valence-corrected chi connectivity index (χ1v) is 4.91. The summed E-state index contributed by atoms with van der Waals surface area (Å²) in [6, 6.07) is 4.79. The molecule has 1 atom stereocenters. The van der Waals surface area contributed by atoms with Crippen molar-refractivity contribution in [2.24, 2.45) is 5.84 Å². The van der Waals surface area contributed by atoms with Crippen molar-refractivity contribution in [1.29, 1.82) is 0 Å². The number of allylic oxidation sites excluding steroid dienone is 1. The molecule has 0 saturated heterocycles. The number of hydrogen-bond acceptors (Lipinski definition) is 2. The molecule has 0 aliphatic carbocycles. The molecule has 82 valence electrons. The molecular formula is C12H17FN2. The molecule has 0 bridgehead atoms. The van der Waals surface area contributed by atoms with Crippen LogP contribution in [0.2, 0.25) is 0 Å². The Balaban J connectivity index is 3.07. The summed E-state index contributed by atoms with van der Waals surface area (Å²) < 4.78 is 13.2. The van der Waals surface area contributed by atoms with Gasteiger partial charge in [-0.3, -0.25) is 5.84 Å². The van der Waals surface area contributed by atoms with Crippen molar-refractivity contribution < 1.29 is 4.39 Å². The van der Waals surface area contributed by atoms with Gasteiger partial charge in [-0.05, 0) is 44.0 Å². The van der Waals surface area contributed by atoms with E-state index >= 15 is 0 Å². The minimum atomic E-state index is -0.229. The molecule has 0 amide bonds. The van der Waals surface area contributed by atoms with Gasteiger partial charge in [0.25, 0.3) is 0 Å². The number of aryl methyl sites for hydroxylation is 1. The molecule has 0 heterocycles. The van der Waals surface area contributed by atoms with E-state index in [0.29, 0.717) is 0 Å². The maximum absolute atomic E-state index is 13.2. The third-order valence-corrected chi connectivity index (χ3v) is 2.10. The van der Waals surface area contributed by atoms with Gasteiger partial charge in [0, 0.05) is 0 Å². The van der Waals surface area contributed by atoms with Crippen molar-refractivity contribution in [1.82, 2.24) is 5.43 Å². The Bertz CT molecular complexity index is 348. The lowest BCUT2D eigenvalue weighted by Gasteiger charge is -2.13. The second kappa shape index (κ2) is 5.05. The first-order valence-electron chi connectivity index (χ1n) is 4.91. The van der Waals surface area contributed by atoms with E-state index in [1.807, 2.05) is 32.9 Å². The summed E-state index contributed by atoms with van der Waals surface area (Å²) in [5, 5.41) is 0. The number of hydrogen-bond donors (Lipinski definition) is 2. The highest BCUT2D eigenvalue weighted by Gasteiger charge is 2.07. The summed E-state index contributed by atoms with van der Waals surface area (Å²) >= 11 is 0. The molecule has 1 aromatic carbocycles. The molecular weight excluding hydrogens is 191 g/mol. The summed E-state index contributed by atoms with van der Waals surface area (Å²) in [4.78, 5) is 0. The lowest BCUT2D eigenvalue weighted by atomic mass is 10.0. The van der Waals surface area contributed by atoms with Gasteiger partial charge < -0.3 is 0 Å². The van der Waals surface area contributed by atoms with E-state index in [4.69, 9.17) is 5.84 Å². The number of rotatable bonds is 3. The third kappa shape index (κ3) is 3.46. The zero-order valence-electron chi connectivity index (χ0n) is 9.34. The van der Waals surface area contributed by atoms with Gasteiger partial charge in [-0.15, -0.1) is 0 Å². The lowest BCUT2D eigenvalue weighted by molar-refractivity contribution is 0.609. The van der Waals surface area contributed by atoms with Crippen molar-refractivity contribution in [3.63, 3.8) is 0 Å². The molecule has 0 aliphatic heterocycles. The van der Waals surface area contributed by atoms with Crippen LogP contribution >= 0.6 is 0 Å². The number of halogens is 1. The summed E-state index contributed by atoms with van der Waals surface area (Å²) in [5.41, 5.74) is 5.54. The molecule has 0 spiro atoms. The average molecular weight is 208 g/mol. The minimum absolute atomic E-state index is 0.135. The predicted molar refractivity (Wildman–Crippen MR) is 60.6 cm³/mol. The van der Waals surface area contributed by atoms with Gasteiger partial charge in [-0.1, -0.05) is 17.7 Å². The molecule has 0 aliphatic rings. The van der Waals surface area contributed by atoms with E-state index in [9.17, 15) is 4.39 Å². The summed E-state index contributed by atoms with van der Waals surface area (Å²) in [6.07, 6.45) is 1.97. The normalized spacial score (nSPS) is 12.3. The number of benzene rings is 1.